The van der Waals surface area contributed by atoms with Gasteiger partial charge in [-0.1, -0.05) is 15.9 Å². The van der Waals surface area contributed by atoms with Crippen molar-refractivity contribution in [2.24, 2.45) is 0 Å². The Hall–Kier alpha value is 0.440. The fourth-order valence-electron chi connectivity index (χ4n) is 0.455. The molecule has 0 amide bonds. The number of alkyl halides is 1. The van der Waals surface area contributed by atoms with E-state index in [-0.39, 0.29) is 0 Å². The molecule has 0 aliphatic heterocycles. The summed E-state index contributed by atoms with van der Waals surface area (Å²) in [6, 6.07) is 0. The predicted molar refractivity (Wildman–Crippen MR) is 46.2 cm³/mol. The highest BCUT2D eigenvalue weighted by Gasteiger charge is 2.18. The van der Waals surface area contributed by atoms with Gasteiger partial charge in [-0.15, -0.1) is 0 Å². The minimum atomic E-state index is 0.337. The molecular weight excluding hydrogens is 178 g/mol. The second kappa shape index (κ2) is 3.57. The summed E-state index contributed by atoms with van der Waals surface area (Å²) in [4.78, 5) is 2.24. The van der Waals surface area contributed by atoms with E-state index in [0.717, 1.165) is 5.33 Å². The quantitative estimate of drug-likeness (QED) is 0.622. The van der Waals surface area contributed by atoms with Crippen molar-refractivity contribution < 1.29 is 0 Å². The lowest BCUT2D eigenvalue weighted by molar-refractivity contribution is 0.191. The lowest BCUT2D eigenvalue weighted by atomic mass is 10.0. The fraction of sp³-hybridized carbons (Fsp3) is 1.00. The van der Waals surface area contributed by atoms with Crippen LogP contribution in [0.1, 0.15) is 20.3 Å². The predicted octanol–water partition coefficient (Wildman–Crippen LogP) is 2.11. The van der Waals surface area contributed by atoms with Crippen LogP contribution in [0.3, 0.4) is 0 Å². The Morgan fingerprint density at radius 2 is 1.78 bits per heavy atom. The largest absolute Gasteiger partial charge is 0.304 e. The molecule has 0 bridgehead atoms. The zero-order valence-corrected chi connectivity index (χ0v) is 8.33. The van der Waals surface area contributed by atoms with E-state index >= 15 is 0 Å². The monoisotopic (exact) mass is 193 g/mol. The topological polar surface area (TPSA) is 3.24 Å². The van der Waals surface area contributed by atoms with Crippen molar-refractivity contribution in [2.75, 3.05) is 19.4 Å². The summed E-state index contributed by atoms with van der Waals surface area (Å²) in [5, 5.41) is 1.08. The van der Waals surface area contributed by atoms with Crippen LogP contribution in [0.4, 0.5) is 0 Å². The van der Waals surface area contributed by atoms with Gasteiger partial charge in [0.25, 0.3) is 0 Å². The zero-order valence-electron chi connectivity index (χ0n) is 6.74. The Kier molecular flexibility index (Phi) is 3.74. The molecule has 0 aromatic carbocycles. The van der Waals surface area contributed by atoms with Crippen LogP contribution < -0.4 is 0 Å². The Morgan fingerprint density at radius 1 is 1.33 bits per heavy atom. The first-order chi connectivity index (χ1) is 4.00. The Labute approximate surface area is 66.6 Å². The van der Waals surface area contributed by atoms with Crippen molar-refractivity contribution in [3.8, 4) is 0 Å². The maximum absolute atomic E-state index is 3.43. The average molecular weight is 194 g/mol. The van der Waals surface area contributed by atoms with E-state index in [1.54, 1.807) is 0 Å². The molecule has 9 heavy (non-hydrogen) atoms. The molecule has 0 fully saturated rings. The first kappa shape index (κ1) is 9.44. The normalized spacial score (nSPS) is 12.7. The van der Waals surface area contributed by atoms with Gasteiger partial charge in [0.05, 0.1) is 0 Å². The molecule has 0 aliphatic rings. The zero-order chi connectivity index (χ0) is 7.49. The molecule has 0 atom stereocenters. The summed E-state index contributed by atoms with van der Waals surface area (Å²) in [6.45, 7) is 4.49. The summed E-state index contributed by atoms with van der Waals surface area (Å²) < 4.78 is 0. The van der Waals surface area contributed by atoms with Crippen LogP contribution in [0.5, 0.6) is 0 Å². The molecule has 0 rings (SSSR count). The molecule has 0 aliphatic carbocycles. The molecule has 0 unspecified atom stereocenters. The van der Waals surface area contributed by atoms with Crippen molar-refractivity contribution in [3.63, 3.8) is 0 Å². The molecule has 0 aromatic rings. The second-order valence-electron chi connectivity index (χ2n) is 3.15. The van der Waals surface area contributed by atoms with Gasteiger partial charge in [0.15, 0.2) is 0 Å². The van der Waals surface area contributed by atoms with Crippen LogP contribution in [0.15, 0.2) is 0 Å². The first-order valence-corrected chi connectivity index (χ1v) is 4.36. The van der Waals surface area contributed by atoms with Crippen LogP contribution in [0.25, 0.3) is 0 Å². The third-order valence-electron chi connectivity index (χ3n) is 1.92. The van der Waals surface area contributed by atoms with E-state index in [9.17, 15) is 0 Å². The summed E-state index contributed by atoms with van der Waals surface area (Å²) in [5.74, 6) is 0. The van der Waals surface area contributed by atoms with Crippen molar-refractivity contribution in [3.05, 3.63) is 0 Å². The van der Waals surface area contributed by atoms with Crippen LogP contribution >= 0.6 is 15.9 Å². The van der Waals surface area contributed by atoms with E-state index in [1.807, 2.05) is 0 Å². The summed E-state index contributed by atoms with van der Waals surface area (Å²) in [5.41, 5.74) is 0.337. The van der Waals surface area contributed by atoms with Crippen LogP contribution in [-0.4, -0.2) is 29.9 Å². The van der Waals surface area contributed by atoms with E-state index in [4.69, 9.17) is 0 Å². The Morgan fingerprint density at radius 3 is 1.89 bits per heavy atom. The van der Waals surface area contributed by atoms with Gasteiger partial charge in [0, 0.05) is 10.9 Å². The first-order valence-electron chi connectivity index (χ1n) is 3.24. The lowest BCUT2D eigenvalue weighted by Gasteiger charge is -2.31. The molecule has 0 N–H and O–H groups in total. The van der Waals surface area contributed by atoms with Gasteiger partial charge in [-0.05, 0) is 34.4 Å². The smallest absolute Gasteiger partial charge is 0.0155 e. The van der Waals surface area contributed by atoms with E-state index < -0.39 is 0 Å². The standard InChI is InChI=1S/C7H16BrN/c1-7(2,5-6-8)9(3)4/h5-6H2,1-4H3. The van der Waals surface area contributed by atoms with Crippen molar-refractivity contribution in [1.82, 2.24) is 4.90 Å². The molecule has 0 heterocycles. The number of nitrogens with zero attached hydrogens (tertiary/aromatic N) is 1. The molecule has 56 valence electrons. The lowest BCUT2D eigenvalue weighted by Crippen LogP contribution is -2.38. The fourth-order valence-corrected chi connectivity index (χ4v) is 1.43. The van der Waals surface area contributed by atoms with Crippen LogP contribution in [-0.2, 0) is 0 Å². The summed E-state index contributed by atoms with van der Waals surface area (Å²) in [6.07, 6.45) is 1.19. The van der Waals surface area contributed by atoms with E-state index in [1.165, 1.54) is 6.42 Å². The van der Waals surface area contributed by atoms with Crippen molar-refractivity contribution in [1.29, 1.82) is 0 Å². The third kappa shape index (κ3) is 3.21. The second-order valence-corrected chi connectivity index (χ2v) is 3.94. The maximum atomic E-state index is 3.43. The van der Waals surface area contributed by atoms with Gasteiger partial charge in [-0.3, -0.25) is 0 Å². The number of hydrogen-bond donors (Lipinski definition) is 0. The molecule has 0 saturated carbocycles. The summed E-state index contributed by atoms with van der Waals surface area (Å²) in [7, 11) is 4.23. The van der Waals surface area contributed by atoms with Gasteiger partial charge in [-0.2, -0.15) is 0 Å². The molecule has 0 spiro atoms. The molecule has 0 radical (unpaired) electrons. The van der Waals surface area contributed by atoms with Gasteiger partial charge in [0.1, 0.15) is 0 Å². The SMILES string of the molecule is CN(C)C(C)(C)CCBr. The third-order valence-corrected chi connectivity index (χ3v) is 2.31. The minimum absolute atomic E-state index is 0.337. The highest BCUT2D eigenvalue weighted by Crippen LogP contribution is 2.15. The van der Waals surface area contributed by atoms with Gasteiger partial charge in [-0.25, -0.2) is 0 Å². The molecule has 1 nitrogen and oxygen atoms in total. The Balaban J connectivity index is 3.70. The van der Waals surface area contributed by atoms with Gasteiger partial charge in [0.2, 0.25) is 0 Å². The molecule has 0 aromatic heterocycles. The van der Waals surface area contributed by atoms with Gasteiger partial charge < -0.3 is 4.90 Å². The summed E-state index contributed by atoms with van der Waals surface area (Å²) >= 11 is 3.43. The highest BCUT2D eigenvalue weighted by atomic mass is 79.9. The molecule has 0 saturated heterocycles. The average Bonchev–Trinajstić information content (AvgIpc) is 1.65. The number of rotatable bonds is 3. The molecular formula is C7H16BrN. The number of halogens is 1. The van der Waals surface area contributed by atoms with Crippen molar-refractivity contribution >= 4 is 15.9 Å². The van der Waals surface area contributed by atoms with Crippen LogP contribution in [0, 0.1) is 0 Å². The maximum Gasteiger partial charge on any atom is 0.0155 e. The van der Waals surface area contributed by atoms with E-state index in [0.29, 0.717) is 5.54 Å². The minimum Gasteiger partial charge on any atom is -0.304 e. The highest BCUT2D eigenvalue weighted by molar-refractivity contribution is 9.09. The number of hydrogen-bond acceptors (Lipinski definition) is 1. The molecule has 2 heteroatoms. The van der Waals surface area contributed by atoms with Crippen LogP contribution in [0.2, 0.25) is 0 Å². The Bertz CT molecular complexity index is 79.0. The van der Waals surface area contributed by atoms with E-state index in [2.05, 4.69) is 48.8 Å². The van der Waals surface area contributed by atoms with Gasteiger partial charge >= 0.3 is 0 Å². The van der Waals surface area contributed by atoms with Crippen molar-refractivity contribution in [2.45, 2.75) is 25.8 Å².